The molecule has 0 bridgehead atoms. The van der Waals surface area contributed by atoms with Crippen LogP contribution in [0.3, 0.4) is 0 Å². The van der Waals surface area contributed by atoms with Crippen LogP contribution in [0.15, 0.2) is 35.7 Å². The van der Waals surface area contributed by atoms with Gasteiger partial charge in [-0.25, -0.2) is 0 Å². The van der Waals surface area contributed by atoms with Gasteiger partial charge in [0.05, 0.1) is 12.6 Å². The standard InChI is InChI=1S/C25H31ClN2O2S/c1-2-14-27(25(30)19-6-4-3-5-7-19)17-23(29)28-15-12-22-21(13-16-31-22)24(28)18-8-10-20(26)11-9-18/h8-11,13,16,19,24H,2-7,12,14-15,17H2,1H3. The lowest BCUT2D eigenvalue weighted by molar-refractivity contribution is -0.144. The number of halogens is 1. The van der Waals surface area contributed by atoms with Crippen molar-refractivity contribution >= 4 is 34.8 Å². The largest absolute Gasteiger partial charge is 0.333 e. The zero-order valence-corrected chi connectivity index (χ0v) is 19.8. The van der Waals surface area contributed by atoms with Crippen LogP contribution in [0.4, 0.5) is 0 Å². The summed E-state index contributed by atoms with van der Waals surface area (Å²) >= 11 is 7.88. The van der Waals surface area contributed by atoms with Crippen LogP contribution in [0, 0.1) is 5.92 Å². The number of hydrogen-bond donors (Lipinski definition) is 0. The number of fused-ring (bicyclic) bond motifs is 1. The lowest BCUT2D eigenvalue weighted by Crippen LogP contribution is -2.48. The Labute approximate surface area is 194 Å². The van der Waals surface area contributed by atoms with Gasteiger partial charge in [-0.15, -0.1) is 11.3 Å². The molecule has 6 heteroatoms. The minimum absolute atomic E-state index is 0.0365. The molecule has 1 fully saturated rings. The van der Waals surface area contributed by atoms with E-state index >= 15 is 0 Å². The fourth-order valence-corrected chi connectivity index (χ4v) is 6.02. The molecule has 31 heavy (non-hydrogen) atoms. The summed E-state index contributed by atoms with van der Waals surface area (Å²) in [6, 6.07) is 9.81. The van der Waals surface area contributed by atoms with E-state index in [0.29, 0.717) is 18.1 Å². The first-order valence-electron chi connectivity index (χ1n) is 11.5. The number of carbonyl (C=O) groups excluding carboxylic acids is 2. The smallest absolute Gasteiger partial charge is 0.242 e. The van der Waals surface area contributed by atoms with Crippen molar-refractivity contribution < 1.29 is 9.59 Å². The van der Waals surface area contributed by atoms with E-state index in [2.05, 4.69) is 18.4 Å². The van der Waals surface area contributed by atoms with Gasteiger partial charge in [-0.2, -0.15) is 0 Å². The Morgan fingerprint density at radius 2 is 1.87 bits per heavy atom. The molecule has 2 heterocycles. The molecule has 1 saturated carbocycles. The van der Waals surface area contributed by atoms with Gasteiger partial charge in [-0.05, 0) is 60.4 Å². The van der Waals surface area contributed by atoms with Crippen molar-refractivity contribution in [3.05, 3.63) is 56.7 Å². The summed E-state index contributed by atoms with van der Waals surface area (Å²) in [5, 5.41) is 2.80. The summed E-state index contributed by atoms with van der Waals surface area (Å²) in [5.74, 6) is 0.297. The molecule has 1 aromatic heterocycles. The Balaban J connectivity index is 1.56. The third-order valence-corrected chi connectivity index (χ3v) is 7.81. The molecule has 0 N–H and O–H groups in total. The van der Waals surface area contributed by atoms with Crippen LogP contribution < -0.4 is 0 Å². The first kappa shape index (κ1) is 22.3. The number of benzene rings is 1. The van der Waals surface area contributed by atoms with Crippen LogP contribution in [-0.2, 0) is 16.0 Å². The number of hydrogen-bond acceptors (Lipinski definition) is 3. The maximum absolute atomic E-state index is 13.6. The highest BCUT2D eigenvalue weighted by atomic mass is 35.5. The number of rotatable bonds is 6. The van der Waals surface area contributed by atoms with Crippen molar-refractivity contribution in [1.29, 1.82) is 0 Å². The third kappa shape index (κ3) is 4.98. The van der Waals surface area contributed by atoms with Gasteiger partial charge in [0, 0.05) is 28.9 Å². The molecule has 1 aromatic carbocycles. The zero-order valence-electron chi connectivity index (χ0n) is 18.2. The average molecular weight is 459 g/mol. The van der Waals surface area contributed by atoms with Crippen LogP contribution >= 0.6 is 22.9 Å². The average Bonchev–Trinajstić information content (AvgIpc) is 3.28. The number of nitrogens with zero attached hydrogens (tertiary/aromatic N) is 2. The third-order valence-electron chi connectivity index (χ3n) is 6.56. The Morgan fingerprint density at radius 3 is 2.58 bits per heavy atom. The first-order valence-corrected chi connectivity index (χ1v) is 12.7. The van der Waals surface area contributed by atoms with Crippen molar-refractivity contribution in [3.63, 3.8) is 0 Å². The molecule has 1 aliphatic carbocycles. The fourth-order valence-electron chi connectivity index (χ4n) is 4.99. The van der Waals surface area contributed by atoms with Crippen molar-refractivity contribution in [2.24, 2.45) is 5.92 Å². The normalized spacial score (nSPS) is 19.2. The second kappa shape index (κ2) is 10.2. The van der Waals surface area contributed by atoms with Gasteiger partial charge < -0.3 is 9.80 Å². The molecule has 2 amide bonds. The summed E-state index contributed by atoms with van der Waals surface area (Å²) in [6.07, 6.45) is 7.11. The Bertz CT molecular complexity index is 905. The van der Waals surface area contributed by atoms with Gasteiger partial charge in [0.2, 0.25) is 11.8 Å². The van der Waals surface area contributed by atoms with E-state index in [-0.39, 0.29) is 30.3 Å². The molecular weight excluding hydrogens is 428 g/mol. The van der Waals surface area contributed by atoms with E-state index in [1.54, 1.807) is 11.3 Å². The summed E-state index contributed by atoms with van der Waals surface area (Å²) in [6.45, 7) is 3.56. The summed E-state index contributed by atoms with van der Waals surface area (Å²) < 4.78 is 0. The zero-order chi connectivity index (χ0) is 21.8. The molecule has 1 aliphatic heterocycles. The van der Waals surface area contributed by atoms with Gasteiger partial charge in [0.1, 0.15) is 0 Å². The molecule has 0 saturated heterocycles. The minimum atomic E-state index is -0.118. The first-order chi connectivity index (χ1) is 15.1. The van der Waals surface area contributed by atoms with E-state index in [0.717, 1.165) is 44.1 Å². The summed E-state index contributed by atoms with van der Waals surface area (Å²) in [5.41, 5.74) is 2.27. The van der Waals surface area contributed by atoms with Crippen molar-refractivity contribution in [1.82, 2.24) is 9.80 Å². The number of thiophene rings is 1. The second-order valence-corrected chi connectivity index (χ2v) is 10.1. The Hall–Kier alpha value is -1.85. The van der Waals surface area contributed by atoms with Crippen molar-refractivity contribution in [2.75, 3.05) is 19.6 Å². The molecule has 0 spiro atoms. The van der Waals surface area contributed by atoms with Crippen LogP contribution in [-0.4, -0.2) is 41.2 Å². The minimum Gasteiger partial charge on any atom is -0.333 e. The van der Waals surface area contributed by atoms with Gasteiger partial charge >= 0.3 is 0 Å². The van der Waals surface area contributed by atoms with Crippen LogP contribution in [0.1, 0.15) is 67.5 Å². The molecular formula is C25H31ClN2O2S. The lowest BCUT2D eigenvalue weighted by Gasteiger charge is -2.38. The van der Waals surface area contributed by atoms with E-state index in [1.807, 2.05) is 34.1 Å². The highest BCUT2D eigenvalue weighted by Gasteiger charge is 2.35. The second-order valence-electron chi connectivity index (χ2n) is 8.69. The van der Waals surface area contributed by atoms with E-state index in [9.17, 15) is 9.59 Å². The maximum Gasteiger partial charge on any atom is 0.242 e. The summed E-state index contributed by atoms with van der Waals surface area (Å²) in [7, 11) is 0. The monoisotopic (exact) mass is 458 g/mol. The SMILES string of the molecule is CCCN(CC(=O)N1CCc2sccc2C1c1ccc(Cl)cc1)C(=O)C1CCCCC1. The quantitative estimate of drug-likeness (QED) is 0.557. The molecule has 0 radical (unpaired) electrons. The molecule has 1 unspecified atom stereocenters. The van der Waals surface area contributed by atoms with Gasteiger partial charge in [-0.3, -0.25) is 9.59 Å². The highest BCUT2D eigenvalue weighted by Crippen LogP contribution is 2.38. The Kier molecular flexibility index (Phi) is 7.34. The van der Waals surface area contributed by atoms with Crippen LogP contribution in [0.25, 0.3) is 0 Å². The topological polar surface area (TPSA) is 40.6 Å². The Morgan fingerprint density at radius 1 is 1.13 bits per heavy atom. The maximum atomic E-state index is 13.6. The molecule has 2 aliphatic rings. The van der Waals surface area contributed by atoms with E-state index in [4.69, 9.17) is 11.6 Å². The number of carbonyl (C=O) groups is 2. The predicted octanol–water partition coefficient (Wildman–Crippen LogP) is 5.69. The van der Waals surface area contributed by atoms with Gasteiger partial charge in [0.15, 0.2) is 0 Å². The van der Waals surface area contributed by atoms with Crippen molar-refractivity contribution in [2.45, 2.75) is 57.9 Å². The fraction of sp³-hybridized carbons (Fsp3) is 0.520. The number of amides is 2. The van der Waals surface area contributed by atoms with Gasteiger partial charge in [-0.1, -0.05) is 49.9 Å². The molecule has 4 nitrogen and oxygen atoms in total. The molecule has 4 rings (SSSR count). The van der Waals surface area contributed by atoms with Crippen LogP contribution in [0.5, 0.6) is 0 Å². The van der Waals surface area contributed by atoms with Crippen molar-refractivity contribution in [3.8, 4) is 0 Å². The molecule has 1 atom stereocenters. The van der Waals surface area contributed by atoms with Crippen LogP contribution in [0.2, 0.25) is 5.02 Å². The van der Waals surface area contributed by atoms with Gasteiger partial charge in [0.25, 0.3) is 0 Å². The van der Waals surface area contributed by atoms with E-state index in [1.165, 1.54) is 16.9 Å². The summed E-state index contributed by atoms with van der Waals surface area (Å²) in [4.78, 5) is 31.9. The molecule has 166 valence electrons. The molecule has 2 aromatic rings. The lowest BCUT2D eigenvalue weighted by atomic mass is 9.88. The van der Waals surface area contributed by atoms with E-state index < -0.39 is 0 Å². The highest BCUT2D eigenvalue weighted by molar-refractivity contribution is 7.10. The predicted molar refractivity (Wildman–Crippen MR) is 126 cm³/mol.